The van der Waals surface area contributed by atoms with Crippen LogP contribution in [-0.4, -0.2) is 0 Å². The van der Waals surface area contributed by atoms with E-state index in [0.717, 1.165) is 6.42 Å². The van der Waals surface area contributed by atoms with Gasteiger partial charge in [-0.05, 0) is 0 Å². The molecule has 4 rings (SSSR count). The number of hydrogen-bond donors (Lipinski definition) is 0. The van der Waals surface area contributed by atoms with E-state index in [0.29, 0.717) is 0 Å². The Morgan fingerprint density at radius 2 is 1.46 bits per heavy atom. The summed E-state index contributed by atoms with van der Waals surface area (Å²) in [4.78, 5) is 0. The van der Waals surface area contributed by atoms with E-state index in [1.54, 1.807) is 0 Å². The average molecular weight is 461 g/mol. The van der Waals surface area contributed by atoms with Gasteiger partial charge >= 0.3 is 169 Å². The van der Waals surface area contributed by atoms with Gasteiger partial charge in [0.2, 0.25) is 0 Å². The van der Waals surface area contributed by atoms with Crippen molar-refractivity contribution in [2.45, 2.75) is 27.5 Å². The molecule has 0 nitrogen and oxygen atoms in total. The van der Waals surface area contributed by atoms with Crippen LogP contribution in [0.2, 0.25) is 0 Å². The topological polar surface area (TPSA) is 0 Å². The van der Waals surface area contributed by atoms with E-state index in [-0.39, 0.29) is 7.25 Å². The third-order valence-electron chi connectivity index (χ3n) is 5.52. The molecule has 0 fully saturated rings. The Labute approximate surface area is 167 Å². The van der Waals surface area contributed by atoms with Gasteiger partial charge in [0.1, 0.15) is 0 Å². The molecule has 0 heterocycles. The number of benzene rings is 2. The van der Waals surface area contributed by atoms with Crippen LogP contribution in [0, 0.1) is 0 Å². The summed E-state index contributed by atoms with van der Waals surface area (Å²) < 4.78 is 0.397. The predicted molar refractivity (Wildman–Crippen MR) is 111 cm³/mol. The first kappa shape index (κ1) is 18.5. The van der Waals surface area contributed by atoms with E-state index >= 15 is 0 Å². The molecular weight excluding hydrogens is 438 g/mol. The summed E-state index contributed by atoms with van der Waals surface area (Å²) in [6.45, 7) is 4.26. The van der Waals surface area contributed by atoms with Crippen molar-refractivity contribution in [3.8, 4) is 0 Å². The van der Waals surface area contributed by atoms with Crippen LogP contribution in [0.3, 0.4) is 0 Å². The zero-order chi connectivity index (χ0) is 18.3. The maximum absolute atomic E-state index is 7.44. The summed E-state index contributed by atoms with van der Waals surface area (Å²) in [7, 11) is 14.9. The van der Waals surface area contributed by atoms with Crippen molar-refractivity contribution in [2.24, 2.45) is 0 Å². The number of allylic oxidation sites excluding steroid dienone is 4. The second kappa shape index (κ2) is 7.27. The first-order valence-electron chi connectivity index (χ1n) is 9.09. The molecule has 2 aromatic rings. The molecule has 2 atom stereocenters. The van der Waals surface area contributed by atoms with Crippen molar-refractivity contribution < 1.29 is 17.9 Å². The standard InChI is InChI=1S/C13H13.C10H9.2ClH.Zr/c1-2-3-6-11-9-12-7-4-5-8-13(12)10-11;1-8-6-9-4-2-3-5-10(9)7-8;;;/h2-5,7-10H,6H2,1H3;2-7H,1H3;2*1H;/q;;;;+2/p-2. The van der Waals surface area contributed by atoms with Gasteiger partial charge in [-0.1, -0.05) is 0 Å². The van der Waals surface area contributed by atoms with Crippen molar-refractivity contribution in [1.29, 1.82) is 0 Å². The quantitative estimate of drug-likeness (QED) is 0.410. The zero-order valence-electron chi connectivity index (χ0n) is 15.0. The van der Waals surface area contributed by atoms with Gasteiger partial charge < -0.3 is 0 Å². The fourth-order valence-electron chi connectivity index (χ4n) is 4.43. The molecule has 0 aliphatic heterocycles. The number of fused-ring (bicyclic) bond motifs is 2. The van der Waals surface area contributed by atoms with Gasteiger partial charge in [-0.3, -0.25) is 0 Å². The van der Waals surface area contributed by atoms with Crippen LogP contribution < -0.4 is 0 Å². The van der Waals surface area contributed by atoms with Gasteiger partial charge in [-0.25, -0.2) is 0 Å². The summed E-state index contributed by atoms with van der Waals surface area (Å²) in [5.74, 6) is 0. The summed E-state index contributed by atoms with van der Waals surface area (Å²) >= 11 is -3.67. The van der Waals surface area contributed by atoms with Crippen molar-refractivity contribution in [2.75, 3.05) is 0 Å². The first-order chi connectivity index (χ1) is 12.5. The Kier molecular flexibility index (Phi) is 5.17. The molecule has 0 amide bonds. The fourth-order valence-corrected chi connectivity index (χ4v) is 18.5. The van der Waals surface area contributed by atoms with Crippen LogP contribution in [0.25, 0.3) is 12.2 Å². The Hall–Kier alpha value is -0.877. The van der Waals surface area contributed by atoms with Crippen LogP contribution >= 0.6 is 17.0 Å². The zero-order valence-corrected chi connectivity index (χ0v) is 19.0. The molecule has 2 aliphatic carbocycles. The van der Waals surface area contributed by atoms with Crippen molar-refractivity contribution in [3.05, 3.63) is 94.1 Å². The Bertz CT molecular complexity index is 937. The van der Waals surface area contributed by atoms with Gasteiger partial charge in [0.25, 0.3) is 0 Å². The van der Waals surface area contributed by atoms with E-state index in [2.05, 4.69) is 86.7 Å². The van der Waals surface area contributed by atoms with Gasteiger partial charge in [0.15, 0.2) is 0 Å². The van der Waals surface area contributed by atoms with Crippen LogP contribution in [0.1, 0.15) is 49.8 Å². The first-order valence-corrected chi connectivity index (χ1v) is 18.3. The normalized spacial score (nSPS) is 21.5. The Morgan fingerprint density at radius 3 is 2.12 bits per heavy atom. The predicted octanol–water partition coefficient (Wildman–Crippen LogP) is 7.71. The third kappa shape index (κ3) is 3.03. The van der Waals surface area contributed by atoms with Gasteiger partial charge in [-0.15, -0.1) is 0 Å². The number of hydrogen-bond acceptors (Lipinski definition) is 0. The third-order valence-corrected chi connectivity index (χ3v) is 18.0. The molecule has 26 heavy (non-hydrogen) atoms. The van der Waals surface area contributed by atoms with Gasteiger partial charge in [0, 0.05) is 0 Å². The average Bonchev–Trinajstić information content (AvgIpc) is 3.16. The summed E-state index contributed by atoms with van der Waals surface area (Å²) in [6, 6.07) is 17.2. The van der Waals surface area contributed by atoms with E-state index in [4.69, 9.17) is 17.0 Å². The Balaban J connectivity index is 1.82. The van der Waals surface area contributed by atoms with E-state index in [1.807, 2.05) is 0 Å². The van der Waals surface area contributed by atoms with E-state index in [9.17, 15) is 0 Å². The maximum atomic E-state index is 7.44. The molecule has 0 aromatic heterocycles. The minimum atomic E-state index is -3.67. The van der Waals surface area contributed by atoms with E-state index < -0.39 is 17.9 Å². The molecule has 2 aliphatic rings. The molecule has 132 valence electrons. The van der Waals surface area contributed by atoms with Crippen LogP contribution in [0.15, 0.2) is 71.8 Å². The van der Waals surface area contributed by atoms with Crippen LogP contribution in [-0.2, 0) is 17.9 Å². The Morgan fingerprint density at radius 1 is 0.885 bits per heavy atom. The molecule has 0 bridgehead atoms. The van der Waals surface area contributed by atoms with E-state index in [1.165, 1.54) is 33.4 Å². The molecule has 0 N–H and O–H groups in total. The summed E-state index contributed by atoms with van der Waals surface area (Å²) in [6.07, 6.45) is 9.83. The monoisotopic (exact) mass is 458 g/mol. The molecule has 0 saturated carbocycles. The van der Waals surface area contributed by atoms with Crippen LogP contribution in [0.4, 0.5) is 0 Å². The molecule has 3 heteroatoms. The fraction of sp³-hybridized carbons (Fsp3) is 0.217. The molecule has 0 spiro atoms. The molecule has 2 unspecified atom stereocenters. The second-order valence-electron chi connectivity index (χ2n) is 7.18. The van der Waals surface area contributed by atoms with Crippen molar-refractivity contribution in [3.63, 3.8) is 0 Å². The molecule has 0 saturated heterocycles. The van der Waals surface area contributed by atoms with Gasteiger partial charge in [-0.2, -0.15) is 0 Å². The summed E-state index contributed by atoms with van der Waals surface area (Å²) in [5.41, 5.74) is 7.91. The number of halogens is 2. The minimum absolute atomic E-state index is 0.194. The second-order valence-corrected chi connectivity index (χ2v) is 21.9. The molecule has 0 radical (unpaired) electrons. The van der Waals surface area contributed by atoms with Crippen LogP contribution in [0.5, 0.6) is 0 Å². The molecular formula is C23H22Cl2Zr. The summed E-state index contributed by atoms with van der Waals surface area (Å²) in [5, 5.41) is 0. The van der Waals surface area contributed by atoms with Gasteiger partial charge in [0.05, 0.1) is 0 Å². The van der Waals surface area contributed by atoms with Crippen molar-refractivity contribution >= 4 is 29.2 Å². The number of rotatable bonds is 4. The SMILES string of the molecule is CC=CCC1=Cc2ccccc2[CH]1[Zr]([Cl])([Cl])[CH]1C(C)=Cc2ccccc21. The van der Waals surface area contributed by atoms with Crippen molar-refractivity contribution in [1.82, 2.24) is 0 Å². The molecule has 2 aromatic carbocycles.